The third kappa shape index (κ3) is 12.6. The van der Waals surface area contributed by atoms with Crippen LogP contribution in [0.1, 0.15) is 105 Å². The lowest BCUT2D eigenvalue weighted by Crippen LogP contribution is -2.28. The fourth-order valence-electron chi connectivity index (χ4n) is 8.95. The van der Waals surface area contributed by atoms with Gasteiger partial charge in [0, 0.05) is 56.5 Å². The van der Waals surface area contributed by atoms with E-state index in [1.807, 2.05) is 0 Å². The Morgan fingerprint density at radius 2 is 1.06 bits per heavy atom. The van der Waals surface area contributed by atoms with E-state index in [2.05, 4.69) is 36.0 Å². The van der Waals surface area contributed by atoms with Crippen LogP contribution < -0.4 is 22.2 Å². The molecule has 18 nitrogen and oxygen atoms in total. The summed E-state index contributed by atoms with van der Waals surface area (Å²) < 4.78 is 152. The van der Waals surface area contributed by atoms with Gasteiger partial charge >= 0.3 is 24.5 Å². The second kappa shape index (κ2) is 21.5. The van der Waals surface area contributed by atoms with Crippen molar-refractivity contribution in [2.24, 2.45) is 19.8 Å². The summed E-state index contributed by atoms with van der Waals surface area (Å²) in [6.07, 6.45) is -8.95. The number of imidazole rings is 2. The fraction of sp³-hybridized carbons (Fsp3) is 0.423. The average molecular weight is 1270 g/mol. The molecule has 2 aromatic carbocycles. The maximum atomic E-state index is 13.9. The largest absolute Gasteiger partial charge is 0.444 e. The zero-order chi connectivity index (χ0) is 60.0. The van der Waals surface area contributed by atoms with Crippen LogP contribution in [-0.4, -0.2) is 80.0 Å². The van der Waals surface area contributed by atoms with Crippen LogP contribution in [0, 0.1) is 0 Å². The van der Waals surface area contributed by atoms with Crippen molar-refractivity contribution < 1.29 is 62.2 Å². The van der Waals surface area contributed by atoms with E-state index in [-0.39, 0.29) is 59.9 Å². The van der Waals surface area contributed by atoms with E-state index in [1.165, 1.54) is 54.5 Å². The van der Waals surface area contributed by atoms with Gasteiger partial charge in [-0.2, -0.15) is 26.3 Å². The number of amides is 2. The summed E-state index contributed by atoms with van der Waals surface area (Å²) in [5, 5.41) is 3.50. The highest BCUT2D eigenvalue weighted by molar-refractivity contribution is 9.10. The number of anilines is 1. The number of primary amides is 1. The van der Waals surface area contributed by atoms with Crippen molar-refractivity contribution in [2.45, 2.75) is 127 Å². The minimum Gasteiger partial charge on any atom is -0.444 e. The summed E-state index contributed by atoms with van der Waals surface area (Å²) >= 11 is 5.62. The second-order valence-electron chi connectivity index (χ2n) is 21.2. The molecule has 29 heteroatoms. The number of aryl methyl sites for hydroxylation is 2. The molecule has 0 radical (unpaired) electrons. The third-order valence-electron chi connectivity index (χ3n) is 12.6. The van der Waals surface area contributed by atoms with Gasteiger partial charge in [0.15, 0.2) is 31.3 Å². The number of alkyl halides is 6. The van der Waals surface area contributed by atoms with Gasteiger partial charge in [0.2, 0.25) is 0 Å². The Morgan fingerprint density at radius 1 is 0.667 bits per heavy atom. The van der Waals surface area contributed by atoms with Gasteiger partial charge in [-0.3, -0.25) is 24.0 Å². The second-order valence-corrected chi connectivity index (χ2v) is 28.6. The number of ether oxygens (including phenoxy) is 2. The molecular weight excluding hydrogens is 1220 g/mol. The molecule has 0 saturated heterocycles. The van der Waals surface area contributed by atoms with Crippen LogP contribution >= 0.6 is 38.6 Å². The van der Waals surface area contributed by atoms with Crippen LogP contribution in [0.4, 0.5) is 41.6 Å². The van der Waals surface area contributed by atoms with E-state index in [0.29, 0.717) is 56.4 Å². The Kier molecular flexibility index (Phi) is 16.1. The number of benzene rings is 2. The number of sulfone groups is 2. The number of carbonyl (C=O) groups is 2. The van der Waals surface area contributed by atoms with Crippen molar-refractivity contribution in [3.8, 4) is 21.4 Å². The first-order valence-corrected chi connectivity index (χ1v) is 30.7. The molecule has 3 N–H and O–H groups in total. The van der Waals surface area contributed by atoms with Gasteiger partial charge in [-0.25, -0.2) is 36.4 Å². The molecule has 81 heavy (non-hydrogen) atoms. The monoisotopic (exact) mass is 1270 g/mol. The summed E-state index contributed by atoms with van der Waals surface area (Å²) in [5.74, 6) is -0.185. The molecule has 2 amide bonds. The average Bonchev–Trinajstić information content (AvgIpc) is 4.24. The fourth-order valence-corrected chi connectivity index (χ4v) is 15.3. The van der Waals surface area contributed by atoms with E-state index >= 15 is 0 Å². The number of nitrogens with two attached hydrogens (primary N) is 1. The summed E-state index contributed by atoms with van der Waals surface area (Å²) in [6, 6.07) is 10.6. The van der Waals surface area contributed by atoms with Crippen LogP contribution in [-0.2, 0) is 55.6 Å². The molecule has 0 atom stereocenters. The van der Waals surface area contributed by atoms with Gasteiger partial charge in [0.05, 0.1) is 42.1 Å². The highest BCUT2D eigenvalue weighted by atomic mass is 79.9. The van der Waals surface area contributed by atoms with E-state index < -0.39 is 90.0 Å². The predicted octanol–water partition coefficient (Wildman–Crippen LogP) is 12.5. The van der Waals surface area contributed by atoms with Crippen molar-refractivity contribution in [2.75, 3.05) is 16.8 Å². The van der Waals surface area contributed by atoms with Gasteiger partial charge in [-0.1, -0.05) is 41.9 Å². The number of fused-ring (bicyclic) bond motifs is 4. The molecule has 6 heterocycles. The Bertz CT molecular complexity index is 4210. The summed E-state index contributed by atoms with van der Waals surface area (Å²) in [5.41, 5.74) is -0.105. The van der Waals surface area contributed by atoms with Crippen molar-refractivity contribution in [1.29, 1.82) is 0 Å². The highest BCUT2D eigenvalue weighted by Crippen LogP contribution is 2.47. The lowest BCUT2D eigenvalue weighted by molar-refractivity contribution is -0.144. The summed E-state index contributed by atoms with van der Waals surface area (Å²) in [7, 11) is -4.54. The van der Waals surface area contributed by atoms with Crippen LogP contribution in [0.2, 0.25) is 0 Å². The van der Waals surface area contributed by atoms with E-state index in [9.17, 15) is 62.4 Å². The van der Waals surface area contributed by atoms with Crippen molar-refractivity contribution in [3.05, 3.63) is 85.1 Å². The number of thiophene rings is 2. The SMILES string of the molecule is CC(C)(C)OC(N)=O.CCS(=O)(=O)c1c(-c2nc3cc(C(F)(F)F)n(C4CC4)c(=O)c3n2C)sc2cc(Br)ccc12.CCS(=O)(=O)c1c(-c2nc3cc(C(F)(F)F)n(C4CC4)c(=O)c3n2C)sc2cc(NC(=O)OC(C)(C)C)ccc12. The van der Waals surface area contributed by atoms with E-state index in [4.69, 9.17) is 10.5 Å². The molecule has 0 unspecified atom stereocenters. The number of nitrogens with zero attached hydrogens (tertiary/aromatic N) is 6. The van der Waals surface area contributed by atoms with Crippen LogP contribution in [0.5, 0.6) is 0 Å². The molecule has 8 aromatic rings. The third-order valence-corrected chi connectivity index (χ3v) is 19.3. The van der Waals surface area contributed by atoms with Crippen molar-refractivity contribution in [3.63, 3.8) is 0 Å². The highest BCUT2D eigenvalue weighted by Gasteiger charge is 2.42. The number of carbonyl (C=O) groups excluding carboxylic acids is 2. The maximum absolute atomic E-state index is 13.9. The summed E-state index contributed by atoms with van der Waals surface area (Å²) in [6.45, 7) is 13.5. The number of nitrogens with one attached hydrogen (secondary N) is 1. The maximum Gasteiger partial charge on any atom is 0.431 e. The molecule has 6 aromatic heterocycles. The van der Waals surface area contributed by atoms with E-state index in [0.717, 1.165) is 37.1 Å². The number of hydrogen-bond acceptors (Lipinski definition) is 14. The Labute approximate surface area is 475 Å². The number of aromatic nitrogens is 6. The van der Waals surface area contributed by atoms with Gasteiger partial charge in [0.1, 0.15) is 33.6 Å². The molecule has 0 aliphatic heterocycles. The Morgan fingerprint density at radius 3 is 1.41 bits per heavy atom. The van der Waals surface area contributed by atoms with Crippen molar-refractivity contribution in [1.82, 2.24) is 28.2 Å². The smallest absolute Gasteiger partial charge is 0.431 e. The minimum absolute atomic E-state index is 0.0170. The zero-order valence-corrected chi connectivity index (χ0v) is 50.0. The molecule has 2 saturated carbocycles. The molecule has 0 spiro atoms. The zero-order valence-electron chi connectivity index (χ0n) is 45.1. The van der Waals surface area contributed by atoms with E-state index in [1.54, 1.807) is 71.9 Å². The number of rotatable bonds is 9. The topological polar surface area (TPSA) is 239 Å². The molecular formula is C52H55BrF6N8O10S4. The lowest BCUT2D eigenvalue weighted by atomic mass is 10.2. The number of halogens is 7. The molecule has 10 rings (SSSR count). The van der Waals surface area contributed by atoms with Crippen LogP contribution in [0.25, 0.3) is 63.6 Å². The molecule has 2 aliphatic rings. The quantitative estimate of drug-likeness (QED) is 0.128. The Balaban J connectivity index is 0.000000190. The van der Waals surface area contributed by atoms with Gasteiger partial charge < -0.3 is 24.3 Å². The molecule has 436 valence electrons. The van der Waals surface area contributed by atoms with Gasteiger partial charge in [-0.05, 0) is 104 Å². The summed E-state index contributed by atoms with van der Waals surface area (Å²) in [4.78, 5) is 58.0. The first-order valence-electron chi connectivity index (χ1n) is 25.0. The first-order chi connectivity index (χ1) is 37.4. The first kappa shape index (κ1) is 60.8. The lowest BCUT2D eigenvalue weighted by Gasteiger charge is -2.19. The van der Waals surface area contributed by atoms with Crippen LogP contribution in [0.3, 0.4) is 0 Å². The van der Waals surface area contributed by atoms with Gasteiger partial charge in [0.25, 0.3) is 11.1 Å². The van der Waals surface area contributed by atoms with Crippen LogP contribution in [0.15, 0.2) is 72.4 Å². The Hall–Kier alpha value is -6.30. The number of pyridine rings is 2. The number of hydrogen-bond donors (Lipinski definition) is 2. The minimum atomic E-state index is -4.76. The molecule has 2 aliphatic carbocycles. The molecule has 0 bridgehead atoms. The van der Waals surface area contributed by atoms with Gasteiger partial charge in [-0.15, -0.1) is 22.7 Å². The normalized spacial score (nSPS) is 14.5. The standard InChI is InChI=1S/C26H27F3N4O5S2.C21H17BrF3N3O3S2.C5H11NO2/c1-6-40(36,37)21-15-10-7-13(30-24(35)38-25(2,3)4)11-17(15)39-20(21)22-31-16-12-18(26(27,28)29)33(14-8-9-14)23(34)19(16)32(22)5;1-3-33(30,31)18-12-7-4-10(22)8-14(12)32-17(18)19-26-13-9-15(21(23,24)25)28(11-5-6-11)20(29)16(13)27(19)2;1-5(2,3)8-4(6)7/h7,10-12,14H,6,8-9H2,1-5H3,(H,30,35);4,7-9,11H,3,5-6H2,1-2H3;1-3H3,(H2,6,7). The van der Waals surface area contributed by atoms with Crippen molar-refractivity contribution >= 4 is 118 Å². The molecule has 2 fully saturated rings. The predicted molar refractivity (Wildman–Crippen MR) is 302 cm³/mol.